The number of nitrogen functional groups attached to an aromatic ring is 1. The topological polar surface area (TPSA) is 62.4 Å². The van der Waals surface area contributed by atoms with Gasteiger partial charge >= 0.3 is 0 Å². The van der Waals surface area contributed by atoms with E-state index < -0.39 is 5.60 Å². The number of hydrogen-bond donors (Lipinski definition) is 2. The molecule has 0 aliphatic carbocycles. The van der Waals surface area contributed by atoms with Crippen molar-refractivity contribution in [3.63, 3.8) is 0 Å². The van der Waals surface area contributed by atoms with Gasteiger partial charge in [0.2, 0.25) is 0 Å². The van der Waals surface area contributed by atoms with Crippen LogP contribution in [0.1, 0.15) is 18.9 Å². The molecule has 1 aliphatic heterocycles. The van der Waals surface area contributed by atoms with Gasteiger partial charge in [-0.15, -0.1) is 0 Å². The molecular formula is C11H17N3O. The van der Waals surface area contributed by atoms with E-state index >= 15 is 0 Å². The summed E-state index contributed by atoms with van der Waals surface area (Å²) < 4.78 is 0. The Bertz CT molecular complexity index is 376. The molecule has 2 heterocycles. The zero-order valence-corrected chi connectivity index (χ0v) is 9.20. The van der Waals surface area contributed by atoms with Crippen LogP contribution in [0.3, 0.4) is 0 Å². The van der Waals surface area contributed by atoms with E-state index in [4.69, 9.17) is 5.73 Å². The molecule has 4 nitrogen and oxygen atoms in total. The maximum absolute atomic E-state index is 9.86. The summed E-state index contributed by atoms with van der Waals surface area (Å²) in [4.78, 5) is 6.37. The summed E-state index contributed by atoms with van der Waals surface area (Å²) in [6.45, 7) is 5.32. The van der Waals surface area contributed by atoms with Crippen LogP contribution < -0.4 is 10.6 Å². The van der Waals surface area contributed by atoms with Gasteiger partial charge in [0.05, 0.1) is 17.5 Å². The first-order valence-electron chi connectivity index (χ1n) is 5.17. The molecule has 0 radical (unpaired) electrons. The quantitative estimate of drug-likeness (QED) is 0.719. The molecule has 1 unspecified atom stereocenters. The fourth-order valence-corrected chi connectivity index (χ4v) is 1.87. The van der Waals surface area contributed by atoms with Crippen molar-refractivity contribution >= 4 is 11.5 Å². The van der Waals surface area contributed by atoms with Crippen molar-refractivity contribution in [2.45, 2.75) is 25.9 Å². The van der Waals surface area contributed by atoms with E-state index in [1.54, 1.807) is 6.20 Å². The second-order valence-corrected chi connectivity index (χ2v) is 4.57. The van der Waals surface area contributed by atoms with Crippen LogP contribution in [0.5, 0.6) is 0 Å². The van der Waals surface area contributed by atoms with Crippen molar-refractivity contribution in [3.05, 3.63) is 17.8 Å². The van der Waals surface area contributed by atoms with Crippen molar-refractivity contribution in [2.24, 2.45) is 0 Å². The Morgan fingerprint density at radius 1 is 1.60 bits per heavy atom. The summed E-state index contributed by atoms with van der Waals surface area (Å²) >= 11 is 0. The number of nitrogens with two attached hydrogens (primary N) is 1. The molecule has 1 aromatic rings. The third-order valence-electron chi connectivity index (χ3n) is 2.91. The van der Waals surface area contributed by atoms with Crippen molar-refractivity contribution in [3.8, 4) is 0 Å². The average Bonchev–Trinajstić information content (AvgIpc) is 2.51. The zero-order chi connectivity index (χ0) is 11.1. The van der Waals surface area contributed by atoms with Crippen molar-refractivity contribution < 1.29 is 5.11 Å². The number of nitrogens with zero attached hydrogens (tertiary/aromatic N) is 2. The Balaban J connectivity index is 2.21. The van der Waals surface area contributed by atoms with Crippen LogP contribution in [0.2, 0.25) is 0 Å². The fourth-order valence-electron chi connectivity index (χ4n) is 1.87. The lowest BCUT2D eigenvalue weighted by Gasteiger charge is -2.20. The first-order valence-corrected chi connectivity index (χ1v) is 5.17. The van der Waals surface area contributed by atoms with Crippen LogP contribution in [0.25, 0.3) is 0 Å². The van der Waals surface area contributed by atoms with Gasteiger partial charge in [0.25, 0.3) is 0 Å². The third-order valence-corrected chi connectivity index (χ3v) is 2.91. The lowest BCUT2D eigenvalue weighted by molar-refractivity contribution is 0.0839. The van der Waals surface area contributed by atoms with Gasteiger partial charge in [0, 0.05) is 13.1 Å². The fraction of sp³-hybridized carbons (Fsp3) is 0.545. The van der Waals surface area contributed by atoms with E-state index in [0.717, 1.165) is 24.3 Å². The van der Waals surface area contributed by atoms with Crippen molar-refractivity contribution in [2.75, 3.05) is 23.7 Å². The monoisotopic (exact) mass is 207 g/mol. The van der Waals surface area contributed by atoms with Gasteiger partial charge in [-0.05, 0) is 31.9 Å². The first kappa shape index (κ1) is 10.2. The lowest BCUT2D eigenvalue weighted by atomic mass is 10.1. The highest BCUT2D eigenvalue weighted by atomic mass is 16.3. The normalized spacial score (nSPS) is 25.9. The highest BCUT2D eigenvalue weighted by Gasteiger charge is 2.31. The molecule has 1 atom stereocenters. The summed E-state index contributed by atoms with van der Waals surface area (Å²) in [6.07, 6.45) is 2.47. The minimum Gasteiger partial charge on any atom is -0.397 e. The average molecular weight is 207 g/mol. The number of aliphatic hydroxyl groups is 1. The van der Waals surface area contributed by atoms with Gasteiger partial charge in [-0.2, -0.15) is 0 Å². The molecule has 15 heavy (non-hydrogen) atoms. The summed E-state index contributed by atoms with van der Waals surface area (Å²) in [5.74, 6) is 0.902. The molecule has 0 bridgehead atoms. The molecule has 0 saturated carbocycles. The van der Waals surface area contributed by atoms with Gasteiger partial charge in [-0.25, -0.2) is 4.98 Å². The summed E-state index contributed by atoms with van der Waals surface area (Å²) in [6, 6.07) is 1.97. The highest BCUT2D eigenvalue weighted by Crippen LogP contribution is 2.26. The van der Waals surface area contributed by atoms with Gasteiger partial charge in [0.1, 0.15) is 5.82 Å². The van der Waals surface area contributed by atoms with E-state index in [0.29, 0.717) is 12.2 Å². The van der Waals surface area contributed by atoms with E-state index in [1.165, 1.54) is 0 Å². The SMILES string of the molecule is Cc1cc(N2CCC(C)(O)C2)ncc1N. The van der Waals surface area contributed by atoms with Gasteiger partial charge in [-0.3, -0.25) is 0 Å². The maximum Gasteiger partial charge on any atom is 0.128 e. The van der Waals surface area contributed by atoms with Gasteiger partial charge < -0.3 is 15.7 Å². The van der Waals surface area contributed by atoms with Crippen LogP contribution in [0.4, 0.5) is 11.5 Å². The number of pyridine rings is 1. The van der Waals surface area contributed by atoms with E-state index in [2.05, 4.69) is 9.88 Å². The van der Waals surface area contributed by atoms with E-state index in [1.807, 2.05) is 19.9 Å². The number of anilines is 2. The summed E-state index contributed by atoms with van der Waals surface area (Å²) in [7, 11) is 0. The Kier molecular flexibility index (Phi) is 2.31. The van der Waals surface area contributed by atoms with Crippen molar-refractivity contribution in [1.29, 1.82) is 0 Å². The molecule has 3 N–H and O–H groups in total. The Labute approximate surface area is 89.7 Å². The van der Waals surface area contributed by atoms with Crippen molar-refractivity contribution in [1.82, 2.24) is 4.98 Å². The van der Waals surface area contributed by atoms with Crippen LogP contribution in [0, 0.1) is 6.92 Å². The lowest BCUT2D eigenvalue weighted by Crippen LogP contribution is -2.30. The van der Waals surface area contributed by atoms with Crippen LogP contribution in [0.15, 0.2) is 12.3 Å². The summed E-state index contributed by atoms with van der Waals surface area (Å²) in [5.41, 5.74) is 6.87. The Morgan fingerprint density at radius 2 is 2.33 bits per heavy atom. The summed E-state index contributed by atoms with van der Waals surface area (Å²) in [5, 5.41) is 9.86. The number of hydrogen-bond acceptors (Lipinski definition) is 4. The molecule has 1 fully saturated rings. The van der Waals surface area contributed by atoms with E-state index in [9.17, 15) is 5.11 Å². The first-order chi connectivity index (χ1) is 6.98. The predicted molar refractivity (Wildman–Crippen MR) is 60.8 cm³/mol. The second-order valence-electron chi connectivity index (χ2n) is 4.57. The van der Waals surface area contributed by atoms with Gasteiger partial charge in [0.15, 0.2) is 0 Å². The molecule has 0 spiro atoms. The molecule has 1 aromatic heterocycles. The predicted octanol–water partition coefficient (Wildman–Crippen LogP) is 0.933. The Hall–Kier alpha value is -1.29. The largest absolute Gasteiger partial charge is 0.397 e. The second kappa shape index (κ2) is 3.38. The molecule has 4 heteroatoms. The molecule has 0 amide bonds. The minimum atomic E-state index is -0.586. The van der Waals surface area contributed by atoms with Crippen LogP contribution in [-0.4, -0.2) is 28.8 Å². The highest BCUT2D eigenvalue weighted by molar-refractivity contribution is 5.52. The maximum atomic E-state index is 9.86. The molecule has 1 aliphatic rings. The molecule has 1 saturated heterocycles. The Morgan fingerprint density at radius 3 is 2.87 bits per heavy atom. The number of rotatable bonds is 1. The smallest absolute Gasteiger partial charge is 0.128 e. The zero-order valence-electron chi connectivity index (χ0n) is 9.20. The van der Waals surface area contributed by atoms with Gasteiger partial charge in [-0.1, -0.05) is 0 Å². The number of aryl methyl sites for hydroxylation is 1. The minimum absolute atomic E-state index is 0.586. The van der Waals surface area contributed by atoms with Crippen LogP contribution in [-0.2, 0) is 0 Å². The molecule has 2 rings (SSSR count). The number of β-amino-alcohol motifs (C(OH)–C–C–N with tert-alkyl or cyclic N) is 1. The third kappa shape index (κ3) is 2.04. The van der Waals surface area contributed by atoms with E-state index in [-0.39, 0.29) is 0 Å². The molecule has 82 valence electrons. The molecule has 0 aromatic carbocycles. The standard InChI is InChI=1S/C11H17N3O/c1-8-5-10(13-6-9(8)12)14-4-3-11(2,15)7-14/h5-6,15H,3-4,7,12H2,1-2H3. The molecular weight excluding hydrogens is 190 g/mol. The van der Waals surface area contributed by atoms with Crippen LogP contribution >= 0.6 is 0 Å². The number of aromatic nitrogens is 1.